The van der Waals surface area contributed by atoms with Gasteiger partial charge in [-0.1, -0.05) is 12.8 Å². The summed E-state index contributed by atoms with van der Waals surface area (Å²) >= 11 is 0. The summed E-state index contributed by atoms with van der Waals surface area (Å²) in [6.45, 7) is 2.04. The van der Waals surface area contributed by atoms with Crippen molar-refractivity contribution in [2.24, 2.45) is 0 Å². The number of likely N-dealkylation sites (tertiary alicyclic amines) is 1. The van der Waals surface area contributed by atoms with Crippen LogP contribution in [0.3, 0.4) is 0 Å². The van der Waals surface area contributed by atoms with Crippen molar-refractivity contribution in [3.63, 3.8) is 0 Å². The minimum atomic E-state index is -0.825. The average molecular weight is 398 g/mol. The van der Waals surface area contributed by atoms with Crippen LogP contribution < -0.4 is 0 Å². The largest absolute Gasteiger partial charge is 0.650 e. The normalized spacial score (nSPS) is 19.5. The van der Waals surface area contributed by atoms with Crippen LogP contribution in [0.1, 0.15) is 12.8 Å². The smallest absolute Gasteiger partial charge is 0.282 e. The van der Waals surface area contributed by atoms with Crippen LogP contribution >= 0.6 is 0 Å². The molecule has 1 rings (SSSR count). The van der Waals surface area contributed by atoms with E-state index in [9.17, 15) is 4.79 Å². The molecular weight excluding hydrogens is 383 g/mol. The van der Waals surface area contributed by atoms with E-state index in [0.717, 1.165) is 25.9 Å². The van der Waals surface area contributed by atoms with Crippen LogP contribution in [0.15, 0.2) is 0 Å². The molecule has 0 aromatic heterocycles. The van der Waals surface area contributed by atoms with Gasteiger partial charge in [0.2, 0.25) is 0 Å². The summed E-state index contributed by atoms with van der Waals surface area (Å²) in [5.74, 6) is -0.825. The molecule has 1 saturated heterocycles. The number of hydrogen-bond acceptors (Lipinski definition) is 2. The quantitative estimate of drug-likeness (QED) is 0.755. The minimum Gasteiger partial charge on any atom is -0.650 e. The molecule has 1 N–H and O–H groups in total. The molecule has 0 aromatic carbocycles. The first-order valence-electron chi connectivity index (χ1n) is 4.25. The molecule has 1 radical (unpaired) electrons. The van der Waals surface area contributed by atoms with E-state index < -0.39 is 5.97 Å². The SMILES string of the molecule is CN1CCC([N-]CC(=O)O)CC1.[Ac]. The summed E-state index contributed by atoms with van der Waals surface area (Å²) < 4.78 is 0. The van der Waals surface area contributed by atoms with E-state index >= 15 is 0 Å². The zero-order valence-corrected chi connectivity index (χ0v) is 12.7. The van der Waals surface area contributed by atoms with Crippen molar-refractivity contribution in [3.05, 3.63) is 5.32 Å². The molecule has 0 saturated carbocycles. The second kappa shape index (κ2) is 7.17. The predicted octanol–water partition coefficient (Wildman–Crippen LogP) is 0.539. The maximum absolute atomic E-state index is 10.2. The molecule has 0 spiro atoms. The third kappa shape index (κ3) is 6.01. The molecule has 73 valence electrons. The monoisotopic (exact) mass is 398 g/mol. The maximum Gasteiger partial charge on any atom is 0.282 e. The number of nitrogens with zero attached hydrogens (tertiary/aromatic N) is 2. The number of aliphatic carboxylic acids is 1. The molecule has 4 nitrogen and oxygen atoms in total. The van der Waals surface area contributed by atoms with Crippen molar-refractivity contribution in [1.29, 1.82) is 0 Å². The Morgan fingerprint density at radius 3 is 2.54 bits per heavy atom. The standard InChI is InChI=1S/C8H15N2O2.Ac/c1-10-4-2-7(3-5-10)9-6-8(11)12;/h7H,2-6H2,1H3,(H,11,12);/q-1;. The summed E-state index contributed by atoms with van der Waals surface area (Å²) in [6, 6.07) is 0.275. The van der Waals surface area contributed by atoms with E-state index in [1.807, 2.05) is 0 Å². The van der Waals surface area contributed by atoms with Crippen molar-refractivity contribution in [2.45, 2.75) is 18.9 Å². The van der Waals surface area contributed by atoms with E-state index in [-0.39, 0.29) is 56.6 Å². The topological polar surface area (TPSA) is 54.6 Å². The zero-order valence-electron chi connectivity index (χ0n) is 7.94. The Bertz CT molecular complexity index is 158. The number of carboxylic acid groups (broad SMARTS) is 1. The van der Waals surface area contributed by atoms with Crippen LogP contribution in [0.2, 0.25) is 0 Å². The molecule has 0 aliphatic carbocycles. The summed E-state index contributed by atoms with van der Waals surface area (Å²) in [7, 11) is 2.08. The number of carboxylic acids is 1. The van der Waals surface area contributed by atoms with Crippen molar-refractivity contribution < 1.29 is 54.0 Å². The van der Waals surface area contributed by atoms with Gasteiger partial charge in [0, 0.05) is 44.1 Å². The molecule has 1 aliphatic rings. The van der Waals surface area contributed by atoms with E-state index in [1.165, 1.54) is 0 Å². The van der Waals surface area contributed by atoms with Crippen molar-refractivity contribution in [1.82, 2.24) is 4.90 Å². The Morgan fingerprint density at radius 2 is 2.08 bits per heavy atom. The van der Waals surface area contributed by atoms with E-state index in [2.05, 4.69) is 17.3 Å². The molecule has 1 heterocycles. The third-order valence-corrected chi connectivity index (χ3v) is 2.17. The fourth-order valence-electron chi connectivity index (χ4n) is 1.38. The van der Waals surface area contributed by atoms with Gasteiger partial charge in [0.05, 0.1) is 0 Å². The molecule has 13 heavy (non-hydrogen) atoms. The molecule has 0 aromatic rings. The molecule has 1 fully saturated rings. The fraction of sp³-hybridized carbons (Fsp3) is 0.875. The van der Waals surface area contributed by atoms with E-state index in [0.29, 0.717) is 0 Å². The number of hydrogen-bond donors (Lipinski definition) is 1. The Labute approximate surface area is 115 Å². The minimum absolute atomic E-state index is 0. The first-order chi connectivity index (χ1) is 5.68. The average Bonchev–Trinajstić information content (AvgIpc) is 2.03. The first kappa shape index (κ1) is 13.8. The van der Waals surface area contributed by atoms with Gasteiger partial charge in [-0.3, -0.25) is 4.79 Å². The van der Waals surface area contributed by atoms with E-state index in [4.69, 9.17) is 5.11 Å². The van der Waals surface area contributed by atoms with Crippen LogP contribution in [0.25, 0.3) is 5.32 Å². The second-order valence-corrected chi connectivity index (χ2v) is 3.27. The Hall–Kier alpha value is 0.832. The van der Waals surface area contributed by atoms with Gasteiger partial charge in [-0.05, 0) is 26.7 Å². The second-order valence-electron chi connectivity index (χ2n) is 3.27. The predicted molar refractivity (Wildman–Crippen MR) is 46.4 cm³/mol. The number of piperidine rings is 1. The van der Waals surface area contributed by atoms with Gasteiger partial charge < -0.3 is 15.3 Å². The van der Waals surface area contributed by atoms with Gasteiger partial charge in [0.1, 0.15) is 0 Å². The van der Waals surface area contributed by atoms with Gasteiger partial charge >= 0.3 is 0 Å². The molecule has 0 atom stereocenters. The van der Waals surface area contributed by atoms with Gasteiger partial charge in [-0.2, -0.15) is 0 Å². The van der Waals surface area contributed by atoms with Gasteiger partial charge in [-0.15, -0.1) is 6.04 Å². The fourth-order valence-corrected chi connectivity index (χ4v) is 1.38. The summed E-state index contributed by atoms with van der Waals surface area (Å²) in [5.41, 5.74) is 0. The number of carbonyl (C=O) groups is 1. The Balaban J connectivity index is 0.00000144. The Morgan fingerprint density at radius 1 is 1.54 bits per heavy atom. The van der Waals surface area contributed by atoms with Crippen LogP contribution in [0, 0.1) is 44.1 Å². The van der Waals surface area contributed by atoms with Crippen LogP contribution in [0.4, 0.5) is 0 Å². The van der Waals surface area contributed by atoms with Crippen molar-refractivity contribution in [3.8, 4) is 0 Å². The van der Waals surface area contributed by atoms with Crippen LogP contribution in [-0.2, 0) is 4.79 Å². The molecule has 0 unspecified atom stereocenters. The molecule has 0 amide bonds. The van der Waals surface area contributed by atoms with Crippen LogP contribution in [-0.4, -0.2) is 48.7 Å². The molecule has 0 bridgehead atoms. The van der Waals surface area contributed by atoms with Gasteiger partial charge in [0.15, 0.2) is 0 Å². The van der Waals surface area contributed by atoms with Gasteiger partial charge in [0.25, 0.3) is 5.97 Å². The third-order valence-electron chi connectivity index (χ3n) is 2.17. The summed E-state index contributed by atoms with van der Waals surface area (Å²) in [5, 5.41) is 12.5. The van der Waals surface area contributed by atoms with Crippen LogP contribution in [0.5, 0.6) is 0 Å². The number of rotatable bonds is 3. The summed E-state index contributed by atoms with van der Waals surface area (Å²) in [6.07, 6.45) is 2.01. The van der Waals surface area contributed by atoms with Crippen molar-refractivity contribution in [2.75, 3.05) is 26.7 Å². The first-order valence-corrected chi connectivity index (χ1v) is 4.25. The molecular formula is C8H15AcN2O2-. The molecule has 5 heteroatoms. The Kier molecular flexibility index (Phi) is 7.63. The van der Waals surface area contributed by atoms with E-state index in [1.54, 1.807) is 0 Å². The van der Waals surface area contributed by atoms with Crippen molar-refractivity contribution >= 4 is 5.97 Å². The van der Waals surface area contributed by atoms with Gasteiger partial charge in [-0.25, -0.2) is 0 Å². The zero-order chi connectivity index (χ0) is 8.97. The maximum atomic E-state index is 10.2. The molecule has 1 aliphatic heterocycles. The summed E-state index contributed by atoms with van der Waals surface area (Å²) in [4.78, 5) is 12.4.